The van der Waals surface area contributed by atoms with Gasteiger partial charge < -0.3 is 0 Å². The van der Waals surface area contributed by atoms with Crippen molar-refractivity contribution in [2.45, 2.75) is 36.2 Å². The summed E-state index contributed by atoms with van der Waals surface area (Å²) in [6.07, 6.45) is 1.24. The molecule has 0 aromatic heterocycles. The second kappa shape index (κ2) is 7.51. The lowest BCUT2D eigenvalue weighted by atomic mass is 10.2. The minimum atomic E-state index is -3.90. The smallest absolute Gasteiger partial charge is 0.252 e. The molecule has 2 aromatic rings. The van der Waals surface area contributed by atoms with Gasteiger partial charge in [0.25, 0.3) is 5.91 Å². The van der Waals surface area contributed by atoms with Crippen molar-refractivity contribution in [3.8, 4) is 0 Å². The molecule has 1 aliphatic carbocycles. The van der Waals surface area contributed by atoms with Gasteiger partial charge in [-0.2, -0.15) is 4.31 Å². The van der Waals surface area contributed by atoms with Gasteiger partial charge in [0.2, 0.25) is 15.9 Å². The molecule has 0 N–H and O–H groups in total. The Morgan fingerprint density at radius 2 is 1.61 bits per heavy atom. The summed E-state index contributed by atoms with van der Waals surface area (Å²) in [6, 6.07) is 12.1. The minimum absolute atomic E-state index is 0.121. The Bertz CT molecular complexity index is 1040. The van der Waals surface area contributed by atoms with Gasteiger partial charge in [-0.05, 0) is 84.0 Å². The minimum Gasteiger partial charge on any atom is -0.274 e. The molecule has 9 heteroatoms. The van der Waals surface area contributed by atoms with Crippen molar-refractivity contribution in [2.75, 3.05) is 4.90 Å². The average Bonchev–Trinajstić information content (AvgIpc) is 3.43. The fourth-order valence-corrected chi connectivity index (χ4v) is 5.80. The van der Waals surface area contributed by atoms with E-state index in [1.807, 2.05) is 0 Å². The zero-order valence-electron chi connectivity index (χ0n) is 14.6. The molecule has 1 atom stereocenters. The average molecular weight is 575 g/mol. The summed E-state index contributed by atoms with van der Waals surface area (Å²) in [4.78, 5) is 26.9. The van der Waals surface area contributed by atoms with Gasteiger partial charge in [-0.1, -0.05) is 15.9 Å². The number of amides is 2. The van der Waals surface area contributed by atoms with Gasteiger partial charge in [-0.25, -0.2) is 13.3 Å². The normalized spacial score (nSPS) is 20.2. The van der Waals surface area contributed by atoms with Gasteiger partial charge in [-0.15, -0.1) is 0 Å². The van der Waals surface area contributed by atoms with E-state index in [1.165, 1.54) is 16.4 Å². The van der Waals surface area contributed by atoms with Crippen molar-refractivity contribution in [3.05, 3.63) is 56.6 Å². The van der Waals surface area contributed by atoms with Crippen molar-refractivity contribution >= 4 is 66.0 Å². The van der Waals surface area contributed by atoms with Crippen LogP contribution in [0.2, 0.25) is 0 Å². The number of rotatable bonds is 5. The van der Waals surface area contributed by atoms with Crippen LogP contribution in [0.5, 0.6) is 0 Å². The number of benzene rings is 2. The van der Waals surface area contributed by atoms with Crippen molar-refractivity contribution in [2.24, 2.45) is 0 Å². The molecule has 6 nitrogen and oxygen atoms in total. The first-order chi connectivity index (χ1) is 13.3. The Hall–Kier alpha value is -1.30. The van der Waals surface area contributed by atoms with Crippen LogP contribution in [0.4, 0.5) is 5.69 Å². The van der Waals surface area contributed by atoms with Crippen LogP contribution in [0.15, 0.2) is 57.9 Å². The second-order valence-electron chi connectivity index (χ2n) is 6.78. The highest BCUT2D eigenvalue weighted by atomic mass is 127. The molecule has 2 amide bonds. The first-order valence-corrected chi connectivity index (χ1v) is 12.0. The molecule has 1 aliphatic heterocycles. The lowest BCUT2D eigenvalue weighted by Crippen LogP contribution is -2.46. The van der Waals surface area contributed by atoms with Crippen LogP contribution in [0.3, 0.4) is 0 Å². The number of hydrogen-bond donors (Lipinski definition) is 0. The Morgan fingerprint density at radius 1 is 1.00 bits per heavy atom. The van der Waals surface area contributed by atoms with E-state index in [2.05, 4.69) is 38.5 Å². The number of hydrogen-bond acceptors (Lipinski definition) is 4. The lowest BCUT2D eigenvalue weighted by Gasteiger charge is -2.26. The monoisotopic (exact) mass is 574 g/mol. The third kappa shape index (κ3) is 3.64. The molecule has 1 saturated carbocycles. The fourth-order valence-electron chi connectivity index (χ4n) is 3.35. The quantitative estimate of drug-likeness (QED) is 0.404. The first-order valence-electron chi connectivity index (χ1n) is 8.70. The summed E-state index contributed by atoms with van der Waals surface area (Å²) in [6.45, 7) is 0. The summed E-state index contributed by atoms with van der Waals surface area (Å²) < 4.78 is 29.6. The van der Waals surface area contributed by atoms with Crippen LogP contribution in [0.1, 0.15) is 19.3 Å². The fraction of sp³-hybridized carbons (Fsp3) is 0.263. The van der Waals surface area contributed by atoms with Crippen molar-refractivity contribution in [1.29, 1.82) is 0 Å². The van der Waals surface area contributed by atoms with Gasteiger partial charge in [0.1, 0.15) is 6.04 Å². The topological polar surface area (TPSA) is 74.8 Å². The van der Waals surface area contributed by atoms with Crippen LogP contribution in [-0.2, 0) is 19.6 Å². The third-order valence-corrected chi connectivity index (χ3v) is 8.03. The molecule has 1 unspecified atom stereocenters. The Kier molecular flexibility index (Phi) is 5.36. The van der Waals surface area contributed by atoms with Crippen molar-refractivity contribution < 1.29 is 18.0 Å². The number of halogens is 2. The van der Waals surface area contributed by atoms with Gasteiger partial charge in [0.15, 0.2) is 0 Å². The molecule has 2 aliphatic rings. The van der Waals surface area contributed by atoms with E-state index in [0.29, 0.717) is 18.5 Å². The van der Waals surface area contributed by atoms with E-state index in [4.69, 9.17) is 0 Å². The predicted octanol–water partition coefficient (Wildman–Crippen LogP) is 3.54. The summed E-state index contributed by atoms with van der Waals surface area (Å²) in [5, 5.41) is 0. The van der Waals surface area contributed by atoms with Crippen LogP contribution >= 0.6 is 38.5 Å². The predicted molar refractivity (Wildman–Crippen MR) is 116 cm³/mol. The number of sulfonamides is 1. The molecule has 2 aromatic carbocycles. The highest BCUT2D eigenvalue weighted by molar-refractivity contribution is 14.1. The van der Waals surface area contributed by atoms with Crippen LogP contribution in [0.25, 0.3) is 0 Å². The van der Waals surface area contributed by atoms with Gasteiger partial charge in [0, 0.05) is 14.1 Å². The standard InChI is InChI=1S/C19H16BrIN2O4S/c20-12-1-9-16(10-2-12)28(26,27)23(15-7-8-15)17-11-18(24)22(19(17)25)14-5-3-13(21)4-6-14/h1-6,9-10,15,17H,7-8,11H2. The molecule has 28 heavy (non-hydrogen) atoms. The summed E-state index contributed by atoms with van der Waals surface area (Å²) in [7, 11) is -3.90. The molecular formula is C19H16BrIN2O4S. The van der Waals surface area contributed by atoms with Gasteiger partial charge in [-0.3, -0.25) is 9.59 Å². The van der Waals surface area contributed by atoms with Crippen molar-refractivity contribution in [3.63, 3.8) is 0 Å². The summed E-state index contributed by atoms with van der Waals surface area (Å²) in [5.41, 5.74) is 0.467. The van der Waals surface area contributed by atoms with E-state index in [0.717, 1.165) is 12.9 Å². The van der Waals surface area contributed by atoms with E-state index in [-0.39, 0.29) is 23.3 Å². The molecule has 0 radical (unpaired) electrons. The van der Waals surface area contributed by atoms with Gasteiger partial charge in [0.05, 0.1) is 17.0 Å². The van der Waals surface area contributed by atoms with Gasteiger partial charge >= 0.3 is 0 Å². The highest BCUT2D eigenvalue weighted by Crippen LogP contribution is 2.38. The maximum absolute atomic E-state index is 13.3. The molecular weight excluding hydrogens is 559 g/mol. The molecule has 1 saturated heterocycles. The Labute approximate surface area is 185 Å². The summed E-state index contributed by atoms with van der Waals surface area (Å²) >= 11 is 5.44. The Morgan fingerprint density at radius 3 is 2.18 bits per heavy atom. The molecule has 0 spiro atoms. The largest absolute Gasteiger partial charge is 0.274 e. The third-order valence-electron chi connectivity index (χ3n) is 4.81. The zero-order valence-corrected chi connectivity index (χ0v) is 19.1. The molecule has 146 valence electrons. The number of nitrogens with zero attached hydrogens (tertiary/aromatic N) is 2. The number of imide groups is 1. The molecule has 2 fully saturated rings. The summed E-state index contributed by atoms with van der Waals surface area (Å²) in [5.74, 6) is -0.869. The molecule has 0 bridgehead atoms. The number of carbonyl (C=O) groups excluding carboxylic acids is 2. The van der Waals surface area contributed by atoms with Crippen LogP contribution in [0, 0.1) is 3.57 Å². The maximum Gasteiger partial charge on any atom is 0.252 e. The highest BCUT2D eigenvalue weighted by Gasteiger charge is 2.51. The maximum atomic E-state index is 13.3. The van der Waals surface area contributed by atoms with E-state index >= 15 is 0 Å². The van der Waals surface area contributed by atoms with Crippen molar-refractivity contribution in [1.82, 2.24) is 4.31 Å². The number of carbonyl (C=O) groups is 2. The van der Waals surface area contributed by atoms with Crippen LogP contribution in [-0.4, -0.2) is 36.6 Å². The molecule has 4 rings (SSSR count). The van der Waals surface area contributed by atoms with E-state index in [9.17, 15) is 18.0 Å². The number of anilines is 1. The Balaban J connectivity index is 1.69. The SMILES string of the molecule is O=C1CC(N(C2CC2)S(=O)(=O)c2ccc(Br)cc2)C(=O)N1c1ccc(I)cc1. The molecule has 1 heterocycles. The lowest BCUT2D eigenvalue weighted by molar-refractivity contribution is -0.122. The zero-order chi connectivity index (χ0) is 20.1. The van der Waals surface area contributed by atoms with Crippen LogP contribution < -0.4 is 4.90 Å². The second-order valence-corrected chi connectivity index (χ2v) is 10.8. The first kappa shape index (κ1) is 20.0. The van der Waals surface area contributed by atoms with E-state index < -0.39 is 22.0 Å². The van der Waals surface area contributed by atoms with E-state index in [1.54, 1.807) is 36.4 Å².